The summed E-state index contributed by atoms with van der Waals surface area (Å²) in [5, 5.41) is 26.3. The quantitative estimate of drug-likeness (QED) is 0.268. The second kappa shape index (κ2) is 13.0. The van der Waals surface area contributed by atoms with Crippen LogP contribution in [0.4, 0.5) is 4.79 Å². The lowest BCUT2D eigenvalue weighted by atomic mass is 9.64. The summed E-state index contributed by atoms with van der Waals surface area (Å²) >= 11 is 0. The predicted octanol–water partition coefficient (Wildman–Crippen LogP) is 6.38. The molecule has 1 fully saturated rings. The highest BCUT2D eigenvalue weighted by Gasteiger charge is 2.57. The summed E-state index contributed by atoms with van der Waals surface area (Å²) in [7, 11) is 0. The lowest BCUT2D eigenvalue weighted by Crippen LogP contribution is -2.56. The van der Waals surface area contributed by atoms with Crippen molar-refractivity contribution in [1.29, 1.82) is 0 Å². The van der Waals surface area contributed by atoms with Gasteiger partial charge in [-0.15, -0.1) is 0 Å². The Bertz CT molecular complexity index is 1240. The van der Waals surface area contributed by atoms with Crippen molar-refractivity contribution in [2.75, 3.05) is 13.1 Å². The largest absolute Gasteiger partial charge is 0.461 e. The number of carbonyl (C=O) groups is 2. The van der Waals surface area contributed by atoms with Gasteiger partial charge < -0.3 is 24.8 Å². The number of hydrogen-bond acceptors (Lipinski definition) is 5. The average Bonchev–Trinajstić information content (AvgIpc) is 3.54. The molecule has 2 amide bonds. The molecule has 4 unspecified atom stereocenters. The molecule has 224 valence electrons. The third-order valence-corrected chi connectivity index (χ3v) is 9.31. The third kappa shape index (κ3) is 6.78. The van der Waals surface area contributed by atoms with E-state index in [0.29, 0.717) is 44.2 Å². The fourth-order valence-corrected chi connectivity index (χ4v) is 6.91. The molecule has 1 heterocycles. The Kier molecular flexibility index (Phi) is 9.81. The molecule has 0 saturated heterocycles. The molecular weight excluding hydrogens is 516 g/mol. The number of nitrogens with zero attached hydrogens (tertiary/aromatic N) is 1. The van der Waals surface area contributed by atoms with Crippen LogP contribution in [0.5, 0.6) is 0 Å². The van der Waals surface area contributed by atoms with Crippen LogP contribution in [0.15, 0.2) is 52.7 Å². The maximum atomic E-state index is 13.8. The lowest BCUT2D eigenvalue weighted by Gasteiger charge is -2.46. The molecule has 3 aliphatic rings. The second-order valence-corrected chi connectivity index (χ2v) is 12.8. The normalized spacial score (nSPS) is 26.8. The van der Waals surface area contributed by atoms with Crippen LogP contribution in [0.1, 0.15) is 113 Å². The van der Waals surface area contributed by atoms with E-state index in [1.54, 1.807) is 17.0 Å². The van der Waals surface area contributed by atoms with Gasteiger partial charge in [0.1, 0.15) is 0 Å². The molecule has 7 nitrogen and oxygen atoms in total. The average molecular weight is 565 g/mol. The number of hydrogen-bond donors (Lipinski definition) is 3. The smallest absolute Gasteiger partial charge is 0.317 e. The van der Waals surface area contributed by atoms with Crippen LogP contribution in [-0.2, 0) is 6.42 Å². The third-order valence-electron chi connectivity index (χ3n) is 9.31. The number of benzene rings is 1. The van der Waals surface area contributed by atoms with Crippen molar-refractivity contribution in [3.63, 3.8) is 0 Å². The van der Waals surface area contributed by atoms with Crippen LogP contribution >= 0.6 is 0 Å². The summed E-state index contributed by atoms with van der Waals surface area (Å²) < 4.78 is 5.52. The summed E-state index contributed by atoms with van der Waals surface area (Å²) in [6, 6.07) is 9.19. The van der Waals surface area contributed by atoms with Gasteiger partial charge in [-0.2, -0.15) is 0 Å². The number of allylic oxidation sites excluding steroid dienone is 2. The van der Waals surface area contributed by atoms with Gasteiger partial charge in [0.05, 0.1) is 24.5 Å². The summed E-state index contributed by atoms with van der Waals surface area (Å²) in [6.07, 6.45) is 8.63. The van der Waals surface area contributed by atoms with E-state index in [4.69, 9.17) is 4.42 Å². The zero-order valence-electron chi connectivity index (χ0n) is 25.4. The van der Waals surface area contributed by atoms with Crippen molar-refractivity contribution < 1.29 is 24.2 Å². The highest BCUT2D eigenvalue weighted by atomic mass is 16.3. The minimum absolute atomic E-state index is 0.00177. The Labute approximate surface area is 245 Å². The molecular formula is C34H48N2O5. The first-order chi connectivity index (χ1) is 19.5. The summed E-state index contributed by atoms with van der Waals surface area (Å²) in [5.41, 5.74) is 1.86. The maximum absolute atomic E-state index is 13.8. The van der Waals surface area contributed by atoms with Gasteiger partial charge in [-0.25, -0.2) is 4.79 Å². The second-order valence-electron chi connectivity index (χ2n) is 12.8. The number of aliphatic hydroxyl groups excluding tert-OH is 1. The minimum Gasteiger partial charge on any atom is -0.461 e. The van der Waals surface area contributed by atoms with Crippen LogP contribution in [0.25, 0.3) is 0 Å². The van der Waals surface area contributed by atoms with E-state index in [0.717, 1.165) is 30.4 Å². The van der Waals surface area contributed by atoms with Gasteiger partial charge in [-0.1, -0.05) is 37.6 Å². The van der Waals surface area contributed by atoms with Gasteiger partial charge in [0, 0.05) is 23.6 Å². The predicted molar refractivity (Wildman–Crippen MR) is 161 cm³/mol. The van der Waals surface area contributed by atoms with Gasteiger partial charge in [0.2, 0.25) is 5.78 Å². The number of nitrogens with one attached hydrogen (secondary N) is 1. The van der Waals surface area contributed by atoms with Crippen molar-refractivity contribution >= 4 is 11.8 Å². The molecule has 5 rings (SSSR count). The van der Waals surface area contributed by atoms with Gasteiger partial charge in [-0.3, -0.25) is 4.79 Å². The molecule has 2 bridgehead atoms. The van der Waals surface area contributed by atoms with Crippen molar-refractivity contribution in [2.45, 2.75) is 110 Å². The maximum Gasteiger partial charge on any atom is 0.317 e. The first-order valence-electron chi connectivity index (χ1n) is 15.3. The number of carbonyl (C=O) groups excluding carboxylic acids is 2. The number of furan rings is 1. The topological polar surface area (TPSA) is 103 Å². The van der Waals surface area contributed by atoms with Crippen LogP contribution in [0, 0.1) is 5.41 Å². The zero-order valence-corrected chi connectivity index (χ0v) is 25.4. The van der Waals surface area contributed by atoms with Gasteiger partial charge >= 0.3 is 6.03 Å². The molecule has 41 heavy (non-hydrogen) atoms. The van der Waals surface area contributed by atoms with E-state index in [-0.39, 0.29) is 36.1 Å². The number of amides is 2. The lowest BCUT2D eigenvalue weighted by molar-refractivity contribution is -0.0770. The first-order valence-corrected chi connectivity index (χ1v) is 15.3. The fraction of sp³-hybridized carbons (Fsp3) is 0.588. The van der Waals surface area contributed by atoms with Gasteiger partial charge in [0.15, 0.2) is 5.76 Å². The van der Waals surface area contributed by atoms with Crippen molar-refractivity contribution in [1.82, 2.24) is 10.2 Å². The molecule has 0 aliphatic heterocycles. The van der Waals surface area contributed by atoms with Crippen LogP contribution < -0.4 is 5.32 Å². The molecule has 3 N–H and O–H groups in total. The number of urea groups is 1. The Morgan fingerprint density at radius 1 is 1.20 bits per heavy atom. The molecule has 7 heteroatoms. The van der Waals surface area contributed by atoms with E-state index < -0.39 is 17.1 Å². The molecule has 0 spiro atoms. The van der Waals surface area contributed by atoms with E-state index in [9.17, 15) is 19.8 Å². The van der Waals surface area contributed by atoms with Gasteiger partial charge in [-0.05, 0) is 107 Å². The molecule has 1 saturated carbocycles. The molecule has 0 radical (unpaired) electrons. The van der Waals surface area contributed by atoms with E-state index in [1.165, 1.54) is 11.8 Å². The molecule has 1 aromatic heterocycles. The summed E-state index contributed by atoms with van der Waals surface area (Å²) in [6.45, 7) is 11.0. The summed E-state index contributed by atoms with van der Waals surface area (Å²) in [5.74, 6) is -0.0161. The molecule has 4 atom stereocenters. The van der Waals surface area contributed by atoms with E-state index in [1.807, 2.05) is 39.0 Å². The highest BCUT2D eigenvalue weighted by molar-refractivity contribution is 6.08. The van der Waals surface area contributed by atoms with Crippen molar-refractivity contribution in [2.24, 2.45) is 5.41 Å². The number of ketones is 1. The highest BCUT2D eigenvalue weighted by Crippen LogP contribution is 2.58. The van der Waals surface area contributed by atoms with Crippen LogP contribution in [0.3, 0.4) is 0 Å². The van der Waals surface area contributed by atoms with Crippen LogP contribution in [-0.4, -0.2) is 57.8 Å². The Hall–Kier alpha value is -2.90. The first kappa shape index (κ1) is 31.0. The Morgan fingerprint density at radius 3 is 2.66 bits per heavy atom. The number of fused-ring (bicyclic) bond motifs is 8. The van der Waals surface area contributed by atoms with E-state index >= 15 is 0 Å². The minimum atomic E-state index is -1.14. The van der Waals surface area contributed by atoms with Crippen molar-refractivity contribution in [3.05, 3.63) is 70.7 Å². The fourth-order valence-electron chi connectivity index (χ4n) is 6.91. The Morgan fingerprint density at radius 2 is 1.98 bits per heavy atom. The van der Waals surface area contributed by atoms with E-state index in [2.05, 4.69) is 25.2 Å². The molecule has 2 aromatic rings. The number of rotatable bonds is 7. The SMILES string of the molecule is CCCN(CC1(O)CCC2c3ccc(cc3C(=O)c3ccco3)CC(O)CCC(C)=CCCC21C)C(=O)NC(C)C. The monoisotopic (exact) mass is 564 g/mol. The Balaban J connectivity index is 1.81. The number of aliphatic hydroxyl groups is 2. The van der Waals surface area contributed by atoms with Crippen molar-refractivity contribution in [3.8, 4) is 0 Å². The summed E-state index contributed by atoms with van der Waals surface area (Å²) in [4.78, 5) is 28.7. The van der Waals surface area contributed by atoms with Gasteiger partial charge in [0.25, 0.3) is 0 Å². The molecule has 3 aliphatic carbocycles. The molecule has 1 aromatic carbocycles. The standard InChI is InChI=1S/C34H48N2O5/c1-6-18-36(32(39)35-23(2)3)22-34(40)17-15-29-27-14-12-25(21-28(27)31(38)30-10-8-19-41-30)20-26(37)13-11-24(4)9-7-16-33(29,34)5/h8-10,12,14,19,21,23,26,29,37,40H,6-7,11,13,15-18,20,22H2,1-5H3,(H,35,39). The zero-order chi connectivity index (χ0) is 29.8. The van der Waals surface area contributed by atoms with Crippen LogP contribution in [0.2, 0.25) is 0 Å².